The molecule has 31 heavy (non-hydrogen) atoms. The van der Waals surface area contributed by atoms with Crippen LogP contribution in [0.5, 0.6) is 5.75 Å². The number of hydrogen-bond donors (Lipinski definition) is 0. The van der Waals surface area contributed by atoms with Crippen LogP contribution in [0.4, 0.5) is 0 Å². The van der Waals surface area contributed by atoms with Gasteiger partial charge >= 0.3 is 13.6 Å². The van der Waals surface area contributed by atoms with E-state index in [1.807, 2.05) is 47.6 Å². The number of ether oxygens (including phenoxy) is 1. The molecule has 0 saturated carbocycles. The van der Waals surface area contributed by atoms with Crippen molar-refractivity contribution >= 4 is 13.6 Å². The minimum atomic E-state index is -3.64. The van der Waals surface area contributed by atoms with Crippen molar-refractivity contribution in [3.63, 3.8) is 0 Å². The Labute approximate surface area is 187 Å². The third-order valence-corrected chi connectivity index (χ3v) is 7.17. The van der Waals surface area contributed by atoms with E-state index in [9.17, 15) is 9.36 Å². The average Bonchev–Trinajstić information content (AvgIpc) is 2.60. The summed E-state index contributed by atoms with van der Waals surface area (Å²) in [5.41, 5.74) is -2.56. The van der Waals surface area contributed by atoms with E-state index in [4.69, 9.17) is 18.6 Å². The van der Waals surface area contributed by atoms with Gasteiger partial charge in [-0.3, -0.25) is 9.40 Å². The van der Waals surface area contributed by atoms with E-state index in [2.05, 4.69) is 0 Å². The highest BCUT2D eigenvalue weighted by molar-refractivity contribution is 7.54. The number of nitrogens with zero attached hydrogens (tertiary/aromatic N) is 1. The van der Waals surface area contributed by atoms with Crippen molar-refractivity contribution in [1.82, 2.24) is 5.06 Å². The highest BCUT2D eigenvalue weighted by atomic mass is 31.2. The molecule has 0 fully saturated rings. The maximum absolute atomic E-state index is 13.9. The van der Waals surface area contributed by atoms with Crippen LogP contribution in [0.2, 0.25) is 0 Å². The molecule has 0 spiro atoms. The zero-order valence-electron chi connectivity index (χ0n) is 20.7. The van der Waals surface area contributed by atoms with Crippen molar-refractivity contribution in [2.45, 2.75) is 86.2 Å². The van der Waals surface area contributed by atoms with E-state index in [-0.39, 0.29) is 13.2 Å². The summed E-state index contributed by atoms with van der Waals surface area (Å²) in [6, 6.07) is 8.81. The van der Waals surface area contributed by atoms with Crippen molar-refractivity contribution < 1.29 is 28.0 Å². The van der Waals surface area contributed by atoms with E-state index >= 15 is 0 Å². The van der Waals surface area contributed by atoms with Crippen LogP contribution >= 0.6 is 7.60 Å². The average molecular weight is 458 g/mol. The molecule has 0 bridgehead atoms. The Hall–Kier alpha value is -1.24. The van der Waals surface area contributed by atoms with Crippen LogP contribution in [-0.2, 0) is 23.2 Å². The molecule has 1 unspecified atom stereocenters. The first-order valence-corrected chi connectivity index (χ1v) is 12.3. The van der Waals surface area contributed by atoms with Gasteiger partial charge in [0, 0.05) is 5.54 Å². The maximum atomic E-state index is 13.9. The van der Waals surface area contributed by atoms with Crippen molar-refractivity contribution in [3.8, 4) is 5.75 Å². The highest BCUT2D eigenvalue weighted by Crippen LogP contribution is 2.61. The molecule has 7 nitrogen and oxygen atoms in total. The first kappa shape index (κ1) is 27.8. The largest absolute Gasteiger partial charge is 0.424 e. The van der Waals surface area contributed by atoms with Gasteiger partial charge in [0.25, 0.3) is 0 Å². The summed E-state index contributed by atoms with van der Waals surface area (Å²) in [6.07, 6.45) is 0. The molecule has 0 amide bonds. The molecule has 0 aliphatic heterocycles. The first-order chi connectivity index (χ1) is 14.1. The fourth-order valence-corrected chi connectivity index (χ4v) is 5.72. The van der Waals surface area contributed by atoms with Crippen molar-refractivity contribution in [3.05, 3.63) is 30.3 Å². The van der Waals surface area contributed by atoms with Crippen LogP contribution in [0.15, 0.2) is 30.3 Å². The predicted molar refractivity (Wildman–Crippen MR) is 123 cm³/mol. The quantitative estimate of drug-likeness (QED) is 0.183. The van der Waals surface area contributed by atoms with Crippen molar-refractivity contribution in [2.75, 3.05) is 13.2 Å². The Kier molecular flexibility index (Phi) is 9.49. The van der Waals surface area contributed by atoms with Crippen LogP contribution < -0.4 is 4.74 Å². The zero-order valence-corrected chi connectivity index (χ0v) is 21.6. The molecule has 0 radical (unpaired) electrons. The molecule has 0 N–H and O–H groups in total. The van der Waals surface area contributed by atoms with E-state index < -0.39 is 35.9 Å². The van der Waals surface area contributed by atoms with E-state index in [0.717, 1.165) is 0 Å². The Morgan fingerprint density at radius 2 is 1.42 bits per heavy atom. The summed E-state index contributed by atoms with van der Waals surface area (Å²) >= 11 is 0. The van der Waals surface area contributed by atoms with Gasteiger partial charge in [-0.2, -0.15) is 5.06 Å². The molecule has 1 rings (SSSR count). The number of carbonyl (C=O) groups excluding carboxylic acids is 1. The molecule has 1 aromatic carbocycles. The summed E-state index contributed by atoms with van der Waals surface area (Å²) in [5, 5.41) is 1.59. The lowest BCUT2D eigenvalue weighted by molar-refractivity contribution is -0.289. The second-order valence-corrected chi connectivity index (χ2v) is 12.0. The first-order valence-electron chi connectivity index (χ1n) is 10.7. The highest BCUT2D eigenvalue weighted by Gasteiger charge is 2.53. The van der Waals surface area contributed by atoms with Crippen molar-refractivity contribution in [2.24, 2.45) is 5.41 Å². The molecule has 0 aromatic heterocycles. The van der Waals surface area contributed by atoms with E-state index in [1.54, 1.807) is 57.0 Å². The van der Waals surface area contributed by atoms with Crippen LogP contribution in [0.3, 0.4) is 0 Å². The molecule has 0 aliphatic carbocycles. The Morgan fingerprint density at radius 3 is 1.81 bits per heavy atom. The van der Waals surface area contributed by atoms with E-state index in [1.165, 1.54) is 0 Å². The minimum Gasteiger partial charge on any atom is -0.424 e. The molecule has 178 valence electrons. The Bertz CT molecular complexity index is 742. The third kappa shape index (κ3) is 7.69. The third-order valence-electron chi connectivity index (χ3n) is 4.35. The van der Waals surface area contributed by atoms with Gasteiger partial charge in [-0.1, -0.05) is 39.0 Å². The zero-order chi connectivity index (χ0) is 24.1. The smallest absolute Gasteiger partial charge is 0.350 e. The van der Waals surface area contributed by atoms with Gasteiger partial charge < -0.3 is 13.8 Å². The topological polar surface area (TPSA) is 74.3 Å². The SMILES string of the molecule is CCOP(=O)(OCC)C(N(OC(C)(C)C(=O)Oc1ccccc1)C(C)(C)C)C(C)(C)C. The number of benzene rings is 1. The second kappa shape index (κ2) is 10.6. The predicted octanol–water partition coefficient (Wildman–Crippen LogP) is 6.04. The summed E-state index contributed by atoms with van der Waals surface area (Å²) in [6.45, 7) is 18.9. The molecule has 0 saturated heterocycles. The monoisotopic (exact) mass is 457 g/mol. The van der Waals surface area contributed by atoms with Crippen LogP contribution in [-0.4, -0.2) is 41.2 Å². The molecule has 8 heteroatoms. The number of esters is 1. The van der Waals surface area contributed by atoms with Gasteiger partial charge in [-0.05, 0) is 66.0 Å². The van der Waals surface area contributed by atoms with Gasteiger partial charge in [0.2, 0.25) is 0 Å². The Morgan fingerprint density at radius 1 is 0.935 bits per heavy atom. The molecule has 1 aromatic rings. The minimum absolute atomic E-state index is 0.223. The fraction of sp³-hybridized carbons (Fsp3) is 0.696. The van der Waals surface area contributed by atoms with E-state index in [0.29, 0.717) is 5.75 Å². The summed E-state index contributed by atoms with van der Waals surface area (Å²) < 4.78 is 30.8. The van der Waals surface area contributed by atoms with Gasteiger partial charge in [0.05, 0.1) is 13.2 Å². The normalized spacial score (nSPS) is 14.5. The van der Waals surface area contributed by atoms with Gasteiger partial charge in [-0.15, -0.1) is 0 Å². The summed E-state index contributed by atoms with van der Waals surface area (Å²) in [4.78, 5) is 19.3. The molecular formula is C23H40NO6P. The number of hydrogen-bond acceptors (Lipinski definition) is 7. The van der Waals surface area contributed by atoms with Gasteiger partial charge in [0.15, 0.2) is 5.60 Å². The van der Waals surface area contributed by atoms with Crippen LogP contribution in [0.25, 0.3) is 0 Å². The lowest BCUT2D eigenvalue weighted by Crippen LogP contribution is -2.58. The molecule has 0 heterocycles. The molecule has 0 aliphatic rings. The second-order valence-electron chi connectivity index (χ2n) is 9.92. The Balaban J connectivity index is 3.39. The fourth-order valence-electron chi connectivity index (χ4n) is 3.05. The lowest BCUT2D eigenvalue weighted by Gasteiger charge is -2.49. The number of carbonyl (C=O) groups is 1. The number of rotatable bonds is 10. The van der Waals surface area contributed by atoms with Gasteiger partial charge in [0.1, 0.15) is 11.5 Å². The van der Waals surface area contributed by atoms with Gasteiger partial charge in [-0.25, -0.2) is 4.79 Å². The standard InChI is InChI=1S/C23H40NO6P/c1-11-27-31(26,28-12-2)19(21(3,4)5)24(22(6,7)8)30-23(9,10)20(25)29-18-16-14-13-15-17-18/h13-17,19H,11-12H2,1-10H3. The summed E-state index contributed by atoms with van der Waals surface area (Å²) in [7, 11) is -3.64. The van der Waals surface area contributed by atoms with Crippen molar-refractivity contribution in [1.29, 1.82) is 0 Å². The molecule has 1 atom stereocenters. The number of hydroxylamine groups is 2. The van der Waals surface area contributed by atoms with Crippen LogP contribution in [0.1, 0.15) is 69.2 Å². The van der Waals surface area contributed by atoms with Crippen LogP contribution in [0, 0.1) is 5.41 Å². The number of para-hydroxylation sites is 1. The lowest BCUT2D eigenvalue weighted by atomic mass is 9.94. The molecular weight excluding hydrogens is 417 g/mol. The maximum Gasteiger partial charge on any atom is 0.350 e. The summed E-state index contributed by atoms with van der Waals surface area (Å²) in [5.74, 6) is -0.917.